The van der Waals surface area contributed by atoms with Crippen molar-refractivity contribution in [3.8, 4) is 0 Å². The van der Waals surface area contributed by atoms with Crippen molar-refractivity contribution in [2.24, 2.45) is 0 Å². The monoisotopic (exact) mass is 1010 g/mol. The summed E-state index contributed by atoms with van der Waals surface area (Å²) in [6.45, 7) is 31.1. The minimum absolute atomic E-state index is 0.00545. The summed E-state index contributed by atoms with van der Waals surface area (Å²) in [4.78, 5) is 5.34. The molecule has 0 radical (unpaired) electrons. The van der Waals surface area contributed by atoms with Gasteiger partial charge in [-0.1, -0.05) is 223 Å². The van der Waals surface area contributed by atoms with Crippen LogP contribution in [0, 0.1) is 0 Å². The highest BCUT2D eigenvalue weighted by molar-refractivity contribution is 7.34. The Balaban J connectivity index is 1.21. The Kier molecular flexibility index (Phi) is 11.4. The number of hydrogen-bond acceptors (Lipinski definition) is 3. The third kappa shape index (κ3) is 7.92. The second-order valence-electron chi connectivity index (χ2n) is 26.5. The van der Waals surface area contributed by atoms with Crippen molar-refractivity contribution < 1.29 is 0 Å². The number of benzene rings is 8. The first kappa shape index (κ1) is 49.5. The molecule has 0 unspecified atom stereocenters. The van der Waals surface area contributed by atoms with E-state index in [0.29, 0.717) is 0 Å². The van der Waals surface area contributed by atoms with E-state index in [-0.39, 0.29) is 33.8 Å². The van der Waals surface area contributed by atoms with Crippen molar-refractivity contribution in [2.45, 2.75) is 130 Å². The van der Waals surface area contributed by atoms with Gasteiger partial charge in [-0.15, -0.1) is 11.3 Å². The number of nitrogens with zero attached hydrogens (tertiary/aromatic N) is 2. The lowest BCUT2D eigenvalue weighted by Crippen LogP contribution is -2.74. The van der Waals surface area contributed by atoms with E-state index in [4.69, 9.17) is 0 Å². The summed E-state index contributed by atoms with van der Waals surface area (Å²) in [6.07, 6.45) is 2.34. The van der Waals surface area contributed by atoms with Crippen molar-refractivity contribution in [3.05, 3.63) is 210 Å². The van der Waals surface area contributed by atoms with E-state index >= 15 is 0 Å². The summed E-state index contributed by atoms with van der Waals surface area (Å²) < 4.78 is 2.75. The number of anilines is 6. The summed E-state index contributed by atoms with van der Waals surface area (Å²) in [6, 6.07) is 71.5. The minimum Gasteiger partial charge on any atom is -0.311 e. The van der Waals surface area contributed by atoms with Gasteiger partial charge in [0.05, 0.1) is 5.69 Å². The normalized spacial score (nSPS) is 15.8. The van der Waals surface area contributed by atoms with Gasteiger partial charge in [-0.3, -0.25) is 0 Å². The van der Waals surface area contributed by atoms with Crippen LogP contribution in [0.4, 0.5) is 34.1 Å². The molecule has 0 amide bonds. The maximum atomic E-state index is 2.73. The van der Waals surface area contributed by atoms with E-state index < -0.39 is 8.07 Å². The summed E-state index contributed by atoms with van der Waals surface area (Å²) in [5.41, 5.74) is 17.4. The molecule has 0 spiro atoms. The molecule has 12 rings (SSSR count). The van der Waals surface area contributed by atoms with Gasteiger partial charge in [-0.2, -0.15) is 0 Å². The van der Waals surface area contributed by atoms with Gasteiger partial charge < -0.3 is 9.80 Å². The maximum Gasteiger partial charge on any atom is 0.264 e. The Morgan fingerprint density at radius 3 is 1.49 bits per heavy atom. The van der Waals surface area contributed by atoms with Gasteiger partial charge in [0.15, 0.2) is 8.07 Å². The minimum atomic E-state index is -2.83. The Hall–Kier alpha value is -6.40. The predicted octanol–water partition coefficient (Wildman–Crippen LogP) is 14.6. The van der Waals surface area contributed by atoms with Gasteiger partial charge >= 0.3 is 0 Å². The lowest BCUT2D eigenvalue weighted by molar-refractivity contribution is 0.332. The Morgan fingerprint density at radius 2 is 0.947 bits per heavy atom. The number of hydrogen-bond donors (Lipinski definition) is 0. The molecule has 0 atom stereocenters. The van der Waals surface area contributed by atoms with Gasteiger partial charge in [-0.25, -0.2) is 0 Å². The molecule has 0 saturated carbocycles. The van der Waals surface area contributed by atoms with Gasteiger partial charge in [0, 0.05) is 43.3 Å². The molecule has 0 saturated heterocycles. The fourth-order valence-corrected chi connectivity index (χ4v) is 19.3. The fraction of sp³-hybridized carbons (Fsp3) is 0.286. The second-order valence-corrected chi connectivity index (χ2v) is 31.4. The van der Waals surface area contributed by atoms with Crippen LogP contribution in [0.3, 0.4) is 0 Å². The molecule has 75 heavy (non-hydrogen) atoms. The quantitative estimate of drug-likeness (QED) is 0.121. The van der Waals surface area contributed by atoms with E-state index in [2.05, 4.69) is 282 Å². The van der Waals surface area contributed by atoms with Crippen LogP contribution in [0.15, 0.2) is 182 Å². The van der Waals surface area contributed by atoms with E-state index in [1.807, 2.05) is 11.3 Å². The van der Waals surface area contributed by atoms with Crippen molar-refractivity contribution in [3.63, 3.8) is 0 Å². The molecule has 0 N–H and O–H groups in total. The summed E-state index contributed by atoms with van der Waals surface area (Å²) >= 11 is 2.03. The molecule has 0 fully saturated rings. The average Bonchev–Trinajstić information content (AvgIpc) is 3.81. The third-order valence-corrected chi connectivity index (χ3v) is 23.5. The van der Waals surface area contributed by atoms with E-state index in [0.717, 1.165) is 6.42 Å². The van der Waals surface area contributed by atoms with Crippen molar-refractivity contribution >= 4 is 107 Å². The zero-order valence-corrected chi connectivity index (χ0v) is 48.4. The highest BCUT2D eigenvalue weighted by Crippen LogP contribution is 2.52. The molecule has 1 aliphatic carbocycles. The van der Waals surface area contributed by atoms with E-state index in [1.165, 1.54) is 115 Å². The zero-order chi connectivity index (χ0) is 52.6. The largest absolute Gasteiger partial charge is 0.311 e. The third-order valence-electron chi connectivity index (χ3n) is 17.5. The molecule has 9 aromatic rings. The van der Waals surface area contributed by atoms with Crippen LogP contribution in [0.5, 0.6) is 0 Å². The average molecular weight is 1010 g/mol. The molecule has 2 aliphatic heterocycles. The lowest BCUT2D eigenvalue weighted by Gasteiger charge is -2.45. The van der Waals surface area contributed by atoms with E-state index in [9.17, 15) is 0 Å². The van der Waals surface area contributed by atoms with Crippen LogP contribution in [-0.4, -0.2) is 14.8 Å². The smallest absolute Gasteiger partial charge is 0.264 e. The molecule has 8 aromatic carbocycles. The van der Waals surface area contributed by atoms with Crippen LogP contribution in [0.1, 0.15) is 131 Å². The Labute approximate surface area is 453 Å². The zero-order valence-electron chi connectivity index (χ0n) is 46.6. The summed E-state index contributed by atoms with van der Waals surface area (Å²) in [5.74, 6) is 0. The molecule has 0 bridgehead atoms. The van der Waals surface area contributed by atoms with Crippen LogP contribution < -0.4 is 46.2 Å². The van der Waals surface area contributed by atoms with Crippen molar-refractivity contribution in [2.75, 3.05) is 9.80 Å². The van der Waals surface area contributed by atoms with Crippen LogP contribution >= 0.6 is 11.3 Å². The van der Waals surface area contributed by atoms with Crippen molar-refractivity contribution in [1.82, 2.24) is 0 Å². The maximum absolute atomic E-state index is 2.83. The van der Waals surface area contributed by atoms with Gasteiger partial charge in [0.25, 0.3) is 6.71 Å². The number of fused-ring (bicyclic) bond motifs is 7. The molecule has 376 valence electrons. The van der Waals surface area contributed by atoms with Crippen molar-refractivity contribution in [1.29, 1.82) is 0 Å². The second kappa shape index (κ2) is 17.3. The summed E-state index contributed by atoms with van der Waals surface area (Å²) in [5, 5.41) is 6.89. The molecule has 5 heteroatoms. The SMILES string of the molecule is CC(C)(C)c1ccc(N2c3ccc(C(C)(C)C)cc3B3c4sc5cc([Si](c6ccccc6)(c6ccccc6)c6ccccc6)ccc5c4N(c4ccc5c(c4)C(C)(C)CCC5(C)C)c4cc(C(C)(C)C)cc2c43)cc1. The standard InChI is InChI=1S/C70H73BN2SSi/c1-66(2,3)46-29-32-49(33-30-46)72-59-38-31-47(67(4,5)6)41-58(59)71-63-60(72)42-48(68(7,8)9)43-61(63)73(50-34-37-56-57(44-50)70(12,13)40-39-69(56,10)11)64-55-36-35-54(45-62(55)74-65(64)71)75(51-23-17-14-18-24-51,52-25-19-15-20-26-52)53-27-21-16-22-28-53/h14-38,41-45H,39-40H2,1-13H3. The molecule has 3 heterocycles. The van der Waals surface area contributed by atoms with E-state index in [1.54, 1.807) is 0 Å². The summed E-state index contributed by atoms with van der Waals surface area (Å²) in [7, 11) is -2.83. The Bertz CT molecular complexity index is 3570. The molecule has 3 aliphatic rings. The molecular formula is C70H73BN2SSi. The topological polar surface area (TPSA) is 6.48 Å². The number of rotatable bonds is 6. The molecule has 1 aromatic heterocycles. The van der Waals surface area contributed by atoms with Gasteiger partial charge in [0.2, 0.25) is 0 Å². The fourth-order valence-electron chi connectivity index (χ4n) is 13.1. The number of thiophene rings is 1. The van der Waals surface area contributed by atoms with Crippen LogP contribution in [-0.2, 0) is 27.1 Å². The molecule has 2 nitrogen and oxygen atoms in total. The first-order valence-corrected chi connectivity index (χ1v) is 30.3. The lowest BCUT2D eigenvalue weighted by atomic mass is 9.36. The Morgan fingerprint density at radius 1 is 0.440 bits per heavy atom. The first-order chi connectivity index (χ1) is 35.6. The highest BCUT2D eigenvalue weighted by atomic mass is 32.1. The predicted molar refractivity (Wildman–Crippen MR) is 331 cm³/mol. The van der Waals surface area contributed by atoms with Crippen LogP contribution in [0.25, 0.3) is 10.1 Å². The van der Waals surface area contributed by atoms with Gasteiger partial charge in [0.1, 0.15) is 0 Å². The highest BCUT2D eigenvalue weighted by Gasteiger charge is 2.48. The first-order valence-electron chi connectivity index (χ1n) is 27.5. The van der Waals surface area contributed by atoms with Crippen LogP contribution in [0.2, 0.25) is 0 Å². The molecular weight excluding hydrogens is 940 g/mol. The van der Waals surface area contributed by atoms with Gasteiger partial charge in [-0.05, 0) is 148 Å².